The molecule has 2 heterocycles. The largest absolute Gasteiger partial charge is 0.469 e. The summed E-state index contributed by atoms with van der Waals surface area (Å²) in [5.74, 6) is -1.19. The highest BCUT2D eigenvalue weighted by atomic mass is 35.5. The average Bonchev–Trinajstić information content (AvgIpc) is 3.03. The Morgan fingerprint density at radius 1 is 1.26 bits per heavy atom. The molecular weight excluding hydrogens is 368 g/mol. The molecule has 1 amide bonds. The number of hydrogen-bond acceptors (Lipinski definition) is 5. The summed E-state index contributed by atoms with van der Waals surface area (Å²) in [6.07, 6.45) is 0. The van der Waals surface area contributed by atoms with Gasteiger partial charge in [0.2, 0.25) is 5.91 Å². The second-order valence-corrected chi connectivity index (χ2v) is 7.09. The number of hydrogen-bond donors (Lipinski definition) is 0. The van der Waals surface area contributed by atoms with Crippen molar-refractivity contribution < 1.29 is 19.2 Å². The molecule has 0 N–H and O–H groups in total. The van der Waals surface area contributed by atoms with E-state index in [0.717, 1.165) is 11.1 Å². The van der Waals surface area contributed by atoms with Gasteiger partial charge in [0.25, 0.3) is 0 Å². The third kappa shape index (κ3) is 2.56. The van der Waals surface area contributed by atoms with E-state index in [9.17, 15) is 9.59 Å². The van der Waals surface area contributed by atoms with Gasteiger partial charge < -0.3 is 9.64 Å². The molecule has 1 fully saturated rings. The first kappa shape index (κ1) is 18.0. The lowest BCUT2D eigenvalue weighted by Crippen LogP contribution is -2.49. The number of amides is 1. The van der Waals surface area contributed by atoms with Crippen molar-refractivity contribution in [3.8, 4) is 0 Å². The lowest BCUT2D eigenvalue weighted by atomic mass is 9.73. The maximum absolute atomic E-state index is 12.8. The fourth-order valence-corrected chi connectivity index (χ4v) is 4.27. The summed E-state index contributed by atoms with van der Waals surface area (Å²) < 4.78 is 5.09. The van der Waals surface area contributed by atoms with Gasteiger partial charge in [0.15, 0.2) is 0 Å². The van der Waals surface area contributed by atoms with Gasteiger partial charge in [0.1, 0.15) is 18.0 Å². The second-order valence-electron chi connectivity index (χ2n) is 6.65. The minimum Gasteiger partial charge on any atom is -0.469 e. The van der Waals surface area contributed by atoms with Crippen LogP contribution in [0.5, 0.6) is 0 Å². The topological polar surface area (TPSA) is 59.1 Å². The van der Waals surface area contributed by atoms with Gasteiger partial charge in [-0.1, -0.05) is 41.9 Å². The van der Waals surface area contributed by atoms with Crippen molar-refractivity contribution >= 4 is 29.2 Å². The van der Waals surface area contributed by atoms with Crippen molar-refractivity contribution in [2.75, 3.05) is 32.2 Å². The molecule has 2 aromatic carbocycles. The van der Waals surface area contributed by atoms with Crippen LogP contribution in [0, 0.1) is 5.92 Å². The molecule has 0 unspecified atom stereocenters. The van der Waals surface area contributed by atoms with Crippen LogP contribution >= 0.6 is 11.6 Å². The number of rotatable bonds is 2. The number of fused-ring (bicyclic) bond motifs is 3. The van der Waals surface area contributed by atoms with Crippen molar-refractivity contribution in [3.63, 3.8) is 0 Å². The predicted octanol–water partition coefficient (Wildman–Crippen LogP) is 2.60. The van der Waals surface area contributed by atoms with E-state index in [1.165, 1.54) is 7.11 Å². The van der Waals surface area contributed by atoms with Crippen LogP contribution in [0.15, 0.2) is 48.5 Å². The molecule has 0 aromatic heterocycles. The van der Waals surface area contributed by atoms with E-state index in [2.05, 4.69) is 0 Å². The molecule has 2 aliphatic rings. The zero-order valence-electron chi connectivity index (χ0n) is 15.0. The van der Waals surface area contributed by atoms with Crippen LogP contribution in [0.1, 0.15) is 11.1 Å². The summed E-state index contributed by atoms with van der Waals surface area (Å²) in [7, 11) is 3.07. The molecule has 2 aromatic rings. The highest BCUT2D eigenvalue weighted by Crippen LogP contribution is 2.52. The molecule has 140 valence electrons. The molecule has 0 aliphatic carbocycles. The third-order valence-corrected chi connectivity index (χ3v) is 5.61. The number of ether oxygens (including phenoxy) is 1. The van der Waals surface area contributed by atoms with E-state index >= 15 is 0 Å². The van der Waals surface area contributed by atoms with Crippen molar-refractivity contribution in [1.82, 2.24) is 5.06 Å². The highest BCUT2D eigenvalue weighted by molar-refractivity contribution is 6.30. The summed E-state index contributed by atoms with van der Waals surface area (Å²) in [6, 6.07) is 14.9. The number of nitrogens with zero attached hydrogens (tertiary/aromatic N) is 2. The monoisotopic (exact) mass is 386 g/mol. The summed E-state index contributed by atoms with van der Waals surface area (Å²) in [5, 5.41) is 2.12. The van der Waals surface area contributed by atoms with Crippen molar-refractivity contribution in [2.45, 2.75) is 5.54 Å². The number of likely N-dealkylation sites (N-methyl/N-ethyl adjacent to an activating group) is 1. The third-order valence-electron chi connectivity index (χ3n) is 5.38. The van der Waals surface area contributed by atoms with Gasteiger partial charge in [0, 0.05) is 23.3 Å². The maximum atomic E-state index is 12.8. The molecule has 27 heavy (non-hydrogen) atoms. The molecule has 0 spiro atoms. The maximum Gasteiger partial charge on any atom is 0.313 e. The van der Waals surface area contributed by atoms with E-state index in [0.29, 0.717) is 10.7 Å². The van der Waals surface area contributed by atoms with Crippen LogP contribution in [-0.2, 0) is 24.7 Å². The van der Waals surface area contributed by atoms with Gasteiger partial charge in [-0.2, -0.15) is 5.06 Å². The molecule has 0 saturated carbocycles. The Morgan fingerprint density at radius 3 is 2.70 bits per heavy atom. The Hall–Kier alpha value is -2.41. The summed E-state index contributed by atoms with van der Waals surface area (Å²) >= 11 is 6.34. The summed E-state index contributed by atoms with van der Waals surface area (Å²) in [4.78, 5) is 33.0. The lowest BCUT2D eigenvalue weighted by Gasteiger charge is -2.39. The van der Waals surface area contributed by atoms with Crippen LogP contribution in [0.4, 0.5) is 5.69 Å². The van der Waals surface area contributed by atoms with Gasteiger partial charge in [-0.15, -0.1) is 0 Å². The van der Waals surface area contributed by atoms with Crippen LogP contribution in [0.2, 0.25) is 5.02 Å². The van der Waals surface area contributed by atoms with Gasteiger partial charge in [-0.3, -0.25) is 14.4 Å². The second kappa shape index (κ2) is 6.64. The molecule has 0 bridgehead atoms. The lowest BCUT2D eigenvalue weighted by molar-refractivity contribution is -0.165. The normalized spacial score (nSPS) is 24.9. The minimum atomic E-state index is -1.02. The van der Waals surface area contributed by atoms with Gasteiger partial charge in [-0.05, 0) is 23.8 Å². The van der Waals surface area contributed by atoms with Crippen LogP contribution in [0.25, 0.3) is 0 Å². The molecule has 2 atom stereocenters. The van der Waals surface area contributed by atoms with E-state index in [4.69, 9.17) is 21.2 Å². The first-order chi connectivity index (χ1) is 13.0. The smallest absolute Gasteiger partial charge is 0.313 e. The number of methoxy groups -OCH3 is 1. The quantitative estimate of drug-likeness (QED) is 0.742. The number of carbonyl (C=O) groups excluding carboxylic acids is 2. The number of benzene rings is 2. The molecule has 1 saturated heterocycles. The molecule has 7 heteroatoms. The van der Waals surface area contributed by atoms with E-state index in [1.54, 1.807) is 35.2 Å². The molecule has 4 rings (SSSR count). The Labute approximate surface area is 162 Å². The van der Waals surface area contributed by atoms with Crippen LogP contribution in [-0.4, -0.2) is 44.2 Å². The minimum absolute atomic E-state index is 0.00515. The van der Waals surface area contributed by atoms with Crippen molar-refractivity contribution in [3.05, 3.63) is 64.7 Å². The summed E-state index contributed by atoms with van der Waals surface area (Å²) in [6.45, 7) is 0.121. The molecule has 0 radical (unpaired) electrons. The van der Waals surface area contributed by atoms with E-state index in [-0.39, 0.29) is 19.1 Å². The summed E-state index contributed by atoms with van der Waals surface area (Å²) in [5.41, 5.74) is 1.25. The number of carbonyl (C=O) groups is 2. The van der Waals surface area contributed by atoms with Crippen molar-refractivity contribution in [2.24, 2.45) is 5.92 Å². The van der Waals surface area contributed by atoms with Crippen LogP contribution < -0.4 is 4.90 Å². The Bertz CT molecular complexity index is 904. The van der Waals surface area contributed by atoms with E-state index < -0.39 is 17.4 Å². The number of halogens is 1. The molecule has 2 aliphatic heterocycles. The zero-order chi connectivity index (χ0) is 19.2. The standard InChI is InChI=1S/C20H19ClN2O4/c1-22-17-9-8-14(21)10-15(17)20(13-6-4-3-5-7-13)16(19(25)26-2)12-27-23(20)11-18(22)24/h3-10,16H,11-12H2,1-2H3/t16-,20+/m0/s1. The fourth-order valence-electron chi connectivity index (χ4n) is 4.10. The Kier molecular flexibility index (Phi) is 4.42. The van der Waals surface area contributed by atoms with Crippen LogP contribution in [0.3, 0.4) is 0 Å². The molecular formula is C20H19ClN2O4. The first-order valence-electron chi connectivity index (χ1n) is 8.60. The first-order valence-corrected chi connectivity index (χ1v) is 8.98. The molecule has 6 nitrogen and oxygen atoms in total. The Balaban J connectivity index is 2.09. The van der Waals surface area contributed by atoms with Crippen molar-refractivity contribution in [1.29, 1.82) is 0 Å². The van der Waals surface area contributed by atoms with Gasteiger partial charge >= 0.3 is 5.97 Å². The fraction of sp³-hybridized carbons (Fsp3) is 0.300. The highest BCUT2D eigenvalue weighted by Gasteiger charge is 2.59. The zero-order valence-corrected chi connectivity index (χ0v) is 15.8. The van der Waals surface area contributed by atoms with Gasteiger partial charge in [0.05, 0.1) is 13.7 Å². The number of esters is 1. The Morgan fingerprint density at radius 2 is 2.00 bits per heavy atom. The van der Waals surface area contributed by atoms with E-state index in [1.807, 2.05) is 30.3 Å². The SMILES string of the molecule is COC(=O)[C@@H]1CON2CC(=O)N(C)c3ccc(Cl)cc3[C@]12c1ccccc1. The predicted molar refractivity (Wildman–Crippen MR) is 100 cm³/mol. The van der Waals surface area contributed by atoms with Gasteiger partial charge in [-0.25, -0.2) is 0 Å². The number of hydroxylamine groups is 2. The average molecular weight is 387 g/mol. The number of anilines is 1.